The number of hydrogen-bond acceptors (Lipinski definition) is 9. The Morgan fingerprint density at radius 3 is 2.47 bits per heavy atom. The second-order valence-corrected chi connectivity index (χ2v) is 13.6. The number of nitrogens with zero attached hydrogens (tertiary/aromatic N) is 1. The number of benzene rings is 3. The normalized spacial score (nSPS) is 18.7. The number of imide groups is 1. The number of halogens is 2. The van der Waals surface area contributed by atoms with Crippen molar-refractivity contribution in [1.29, 1.82) is 0 Å². The molecule has 0 aliphatic carbocycles. The fourth-order valence-corrected chi connectivity index (χ4v) is 8.35. The lowest BCUT2D eigenvalue weighted by Crippen LogP contribution is -2.32. The van der Waals surface area contributed by atoms with Crippen LogP contribution in [0.2, 0.25) is 5.02 Å². The molecule has 3 unspecified atom stereocenters. The van der Waals surface area contributed by atoms with Crippen molar-refractivity contribution >= 4 is 85.7 Å². The number of thiazole rings is 1. The van der Waals surface area contributed by atoms with E-state index in [9.17, 15) is 24.0 Å². The Kier molecular flexibility index (Phi) is 8.87. The second-order valence-electron chi connectivity index (χ2n) is 10.1. The van der Waals surface area contributed by atoms with E-state index in [0.717, 1.165) is 11.3 Å². The average molecular weight is 729 g/mol. The minimum Gasteiger partial charge on any atom is -0.483 e. The number of aromatic amines is 1. The van der Waals surface area contributed by atoms with E-state index >= 15 is 0 Å². The molecule has 1 aromatic heterocycles. The minimum atomic E-state index is -0.847. The van der Waals surface area contributed by atoms with Crippen LogP contribution in [-0.2, 0) is 19.1 Å². The van der Waals surface area contributed by atoms with Gasteiger partial charge in [0.25, 0.3) is 5.91 Å². The Morgan fingerprint density at radius 1 is 1.02 bits per heavy atom. The van der Waals surface area contributed by atoms with Gasteiger partial charge in [-0.25, -0.2) is 9.69 Å². The van der Waals surface area contributed by atoms with Gasteiger partial charge in [0.05, 0.1) is 28.8 Å². The van der Waals surface area contributed by atoms with Crippen LogP contribution in [0.1, 0.15) is 33.6 Å². The van der Waals surface area contributed by atoms with Crippen LogP contribution in [0.15, 0.2) is 81.0 Å². The van der Waals surface area contributed by atoms with E-state index in [0.29, 0.717) is 47.6 Å². The van der Waals surface area contributed by atoms with Crippen LogP contribution < -0.4 is 19.8 Å². The molecule has 1 saturated heterocycles. The molecule has 0 radical (unpaired) electrons. The van der Waals surface area contributed by atoms with Crippen molar-refractivity contribution < 1.29 is 28.7 Å². The number of H-pyrrole nitrogens is 1. The number of anilines is 2. The van der Waals surface area contributed by atoms with E-state index in [2.05, 4.69) is 26.2 Å². The van der Waals surface area contributed by atoms with Crippen molar-refractivity contribution in [3.8, 4) is 5.75 Å². The Labute approximate surface area is 278 Å². The van der Waals surface area contributed by atoms with Crippen molar-refractivity contribution in [2.45, 2.75) is 23.1 Å². The molecule has 6 rings (SSSR count). The van der Waals surface area contributed by atoms with Gasteiger partial charge in [0.2, 0.25) is 11.8 Å². The zero-order valence-electron chi connectivity index (χ0n) is 23.4. The van der Waals surface area contributed by atoms with Crippen molar-refractivity contribution in [1.82, 2.24) is 4.98 Å². The number of carbonyl (C=O) groups is 4. The summed E-state index contributed by atoms with van der Waals surface area (Å²) in [7, 11) is 0. The van der Waals surface area contributed by atoms with E-state index in [1.165, 1.54) is 16.7 Å². The quantitative estimate of drug-likeness (QED) is 0.171. The topological polar surface area (TPSA) is 135 Å². The van der Waals surface area contributed by atoms with Crippen molar-refractivity contribution in [2.75, 3.05) is 23.4 Å². The fourth-order valence-electron chi connectivity index (χ4n) is 5.34. The number of fused-ring (bicyclic) bond motifs is 2. The first-order valence-electron chi connectivity index (χ1n) is 13.7. The SMILES string of the molecule is CCOC(=O)c1ccc(NC(=O)COc2ccc(Br)cc2C2c3sc(=O)[nH]c3SC3C(=O)N(c4ccc(Cl)cc4)C(=O)C32)cc1. The molecule has 2 aliphatic heterocycles. The maximum Gasteiger partial charge on any atom is 0.338 e. The first-order valence-corrected chi connectivity index (χ1v) is 16.5. The Hall–Kier alpha value is -3.91. The Morgan fingerprint density at radius 2 is 1.76 bits per heavy atom. The molecule has 3 amide bonds. The molecule has 2 N–H and O–H groups in total. The smallest absolute Gasteiger partial charge is 0.338 e. The van der Waals surface area contributed by atoms with Gasteiger partial charge in [-0.1, -0.05) is 50.6 Å². The Balaban J connectivity index is 1.28. The molecule has 10 nitrogen and oxygen atoms in total. The average Bonchev–Trinajstić information content (AvgIpc) is 3.51. The number of rotatable bonds is 8. The second kappa shape index (κ2) is 12.8. The summed E-state index contributed by atoms with van der Waals surface area (Å²) in [5.74, 6) is -2.97. The zero-order valence-corrected chi connectivity index (χ0v) is 27.3. The first kappa shape index (κ1) is 31.1. The summed E-state index contributed by atoms with van der Waals surface area (Å²) in [5, 5.41) is 2.91. The van der Waals surface area contributed by atoms with Crippen LogP contribution in [0.25, 0.3) is 0 Å². The molecular formula is C31H23BrClN3O7S2. The fraction of sp³-hybridized carbons (Fsp3) is 0.194. The highest BCUT2D eigenvalue weighted by Crippen LogP contribution is 2.54. The summed E-state index contributed by atoms with van der Waals surface area (Å²) in [4.78, 5) is 69.3. The lowest BCUT2D eigenvalue weighted by molar-refractivity contribution is -0.122. The first-order chi connectivity index (χ1) is 21.6. The third-order valence-corrected chi connectivity index (χ3v) is 10.4. The van der Waals surface area contributed by atoms with Gasteiger partial charge < -0.3 is 19.8 Å². The summed E-state index contributed by atoms with van der Waals surface area (Å²) in [6, 6.07) is 17.9. The molecule has 45 heavy (non-hydrogen) atoms. The number of amides is 3. The summed E-state index contributed by atoms with van der Waals surface area (Å²) in [5.41, 5.74) is 1.76. The molecule has 3 atom stereocenters. The van der Waals surface area contributed by atoms with Gasteiger partial charge in [-0.05, 0) is 73.7 Å². The van der Waals surface area contributed by atoms with Gasteiger partial charge in [-0.3, -0.25) is 19.2 Å². The summed E-state index contributed by atoms with van der Waals surface area (Å²) < 4.78 is 11.7. The Bertz CT molecular complexity index is 1880. The number of ether oxygens (including phenoxy) is 2. The van der Waals surface area contributed by atoms with Crippen LogP contribution >= 0.6 is 50.6 Å². The zero-order chi connectivity index (χ0) is 31.8. The third kappa shape index (κ3) is 6.17. The predicted molar refractivity (Wildman–Crippen MR) is 175 cm³/mol. The number of thioether (sulfide) groups is 1. The predicted octanol–water partition coefficient (Wildman–Crippen LogP) is 5.84. The number of nitrogens with one attached hydrogen (secondary N) is 2. The maximum atomic E-state index is 14.0. The summed E-state index contributed by atoms with van der Waals surface area (Å²) >= 11 is 11.7. The molecule has 4 aromatic rings. The standard InChI is InChI=1S/C31H23BrClN3O7S2/c1-2-42-30(40)15-3-8-18(9-4-15)34-22(37)14-43-21-12-5-16(32)13-20(21)23-24-26(44-27-25(23)45-31(41)35-27)29(39)36(28(24)38)19-10-6-17(33)7-11-19/h3-13,23-24,26H,2,14H2,1H3,(H,34,37)(H,35,41). The molecular weight excluding hydrogens is 706 g/mol. The molecule has 1 fully saturated rings. The molecule has 0 bridgehead atoms. The largest absolute Gasteiger partial charge is 0.483 e. The van der Waals surface area contributed by atoms with Crippen LogP contribution in [0.3, 0.4) is 0 Å². The van der Waals surface area contributed by atoms with Crippen molar-refractivity contribution in [2.24, 2.45) is 5.92 Å². The lowest BCUT2D eigenvalue weighted by atomic mass is 9.82. The summed E-state index contributed by atoms with van der Waals surface area (Å²) in [6.45, 7) is 1.60. The molecule has 3 heterocycles. The van der Waals surface area contributed by atoms with E-state index in [-0.39, 0.29) is 18.1 Å². The highest BCUT2D eigenvalue weighted by molar-refractivity contribution is 9.10. The van der Waals surface area contributed by atoms with Gasteiger partial charge in [-0.15, -0.1) is 0 Å². The van der Waals surface area contributed by atoms with Crippen molar-refractivity contribution in [3.05, 3.63) is 102 Å². The molecule has 0 saturated carbocycles. The van der Waals surface area contributed by atoms with E-state index in [1.54, 1.807) is 73.7 Å². The highest BCUT2D eigenvalue weighted by atomic mass is 79.9. The van der Waals surface area contributed by atoms with Gasteiger partial charge in [0.15, 0.2) is 6.61 Å². The highest BCUT2D eigenvalue weighted by Gasteiger charge is 2.56. The third-order valence-electron chi connectivity index (χ3n) is 7.25. The van der Waals surface area contributed by atoms with E-state index in [1.807, 2.05) is 0 Å². The number of hydrogen-bond donors (Lipinski definition) is 2. The van der Waals surface area contributed by atoms with Gasteiger partial charge >= 0.3 is 10.8 Å². The number of carbonyl (C=O) groups excluding carboxylic acids is 4. The van der Waals surface area contributed by atoms with Gasteiger partial charge in [0, 0.05) is 31.5 Å². The molecule has 14 heteroatoms. The molecule has 0 spiro atoms. The van der Waals surface area contributed by atoms with E-state index < -0.39 is 40.8 Å². The van der Waals surface area contributed by atoms with Crippen molar-refractivity contribution in [3.63, 3.8) is 0 Å². The van der Waals surface area contributed by atoms with Crippen LogP contribution in [0, 0.1) is 5.92 Å². The summed E-state index contributed by atoms with van der Waals surface area (Å²) in [6.07, 6.45) is 0. The number of esters is 1. The van der Waals surface area contributed by atoms with Crippen LogP contribution in [0.5, 0.6) is 5.75 Å². The van der Waals surface area contributed by atoms with E-state index in [4.69, 9.17) is 21.1 Å². The molecule has 230 valence electrons. The van der Waals surface area contributed by atoms with Gasteiger partial charge in [-0.2, -0.15) is 0 Å². The van der Waals surface area contributed by atoms with Crippen LogP contribution in [-0.4, -0.2) is 47.1 Å². The van der Waals surface area contributed by atoms with Gasteiger partial charge in [0.1, 0.15) is 11.0 Å². The molecule has 2 aliphatic rings. The van der Waals surface area contributed by atoms with Crippen LogP contribution in [0.4, 0.5) is 11.4 Å². The monoisotopic (exact) mass is 727 g/mol. The molecule has 3 aromatic carbocycles. The maximum absolute atomic E-state index is 14.0. The number of aromatic nitrogens is 1. The minimum absolute atomic E-state index is 0.253. The lowest BCUT2D eigenvalue weighted by Gasteiger charge is -2.31.